The minimum atomic E-state index is 0.0596. The van der Waals surface area contributed by atoms with E-state index in [1.165, 1.54) is 0 Å². The summed E-state index contributed by atoms with van der Waals surface area (Å²) in [4.78, 5) is 0. The fraction of sp³-hybridized carbons (Fsp3) is 0.625. The second-order valence-corrected chi connectivity index (χ2v) is 7.18. The van der Waals surface area contributed by atoms with Crippen molar-refractivity contribution in [2.45, 2.75) is 54.6 Å². The summed E-state index contributed by atoms with van der Waals surface area (Å²) < 4.78 is 6.17. The average Bonchev–Trinajstić information content (AvgIpc) is 2.16. The van der Waals surface area contributed by atoms with Gasteiger partial charge in [0, 0.05) is 0 Å². The Balaban J connectivity index is 3.01. The zero-order valence-electron chi connectivity index (χ0n) is 12.7. The van der Waals surface area contributed by atoms with E-state index in [0.29, 0.717) is 5.75 Å². The zero-order chi connectivity index (χ0) is 14.1. The lowest BCUT2D eigenvalue weighted by Crippen LogP contribution is -2.42. The van der Waals surface area contributed by atoms with Crippen LogP contribution in [0.4, 0.5) is 0 Å². The summed E-state index contributed by atoms with van der Waals surface area (Å²) in [6, 6.07) is 5.40. The van der Waals surface area contributed by atoms with E-state index in [2.05, 4.69) is 41.5 Å². The Morgan fingerprint density at radius 2 is 1.50 bits per heavy atom. The van der Waals surface area contributed by atoms with Crippen molar-refractivity contribution in [1.29, 1.82) is 0 Å². The van der Waals surface area contributed by atoms with E-state index >= 15 is 0 Å². The lowest BCUT2D eigenvalue weighted by atomic mass is 9.74. The molecule has 0 amide bonds. The second-order valence-electron chi connectivity index (χ2n) is 7.18. The maximum absolute atomic E-state index is 9.54. The summed E-state index contributed by atoms with van der Waals surface area (Å²) in [5.41, 5.74) is 0.961. The summed E-state index contributed by atoms with van der Waals surface area (Å²) in [5.74, 6) is 1.13. The van der Waals surface area contributed by atoms with Gasteiger partial charge in [-0.15, -0.1) is 0 Å². The molecule has 0 heterocycles. The third-order valence-corrected chi connectivity index (χ3v) is 3.00. The summed E-state index contributed by atoms with van der Waals surface area (Å²) in [5, 5.41) is 9.54. The molecule has 18 heavy (non-hydrogen) atoms. The number of rotatable bonds is 2. The van der Waals surface area contributed by atoms with Gasteiger partial charge >= 0.3 is 0 Å². The number of aryl methyl sites for hydroxylation is 1. The van der Waals surface area contributed by atoms with E-state index in [9.17, 15) is 5.11 Å². The first-order valence-corrected chi connectivity index (χ1v) is 6.48. The fourth-order valence-electron chi connectivity index (χ4n) is 2.49. The van der Waals surface area contributed by atoms with Crippen molar-refractivity contribution >= 4 is 0 Å². The number of aromatic hydroxyl groups is 1. The third kappa shape index (κ3) is 3.66. The van der Waals surface area contributed by atoms with E-state index in [-0.39, 0.29) is 16.9 Å². The van der Waals surface area contributed by atoms with Crippen molar-refractivity contribution in [3.8, 4) is 11.5 Å². The van der Waals surface area contributed by atoms with Crippen LogP contribution in [0.5, 0.6) is 11.5 Å². The largest absolute Gasteiger partial charge is 0.508 e. The quantitative estimate of drug-likeness (QED) is 0.835. The highest BCUT2D eigenvalue weighted by Crippen LogP contribution is 2.37. The Kier molecular flexibility index (Phi) is 3.99. The number of phenolic OH excluding ortho intramolecular Hbond substituents is 1. The molecule has 0 aromatic heterocycles. The van der Waals surface area contributed by atoms with Crippen LogP contribution in [0.15, 0.2) is 18.2 Å². The van der Waals surface area contributed by atoms with Crippen LogP contribution in [0, 0.1) is 17.8 Å². The smallest absolute Gasteiger partial charge is 0.120 e. The molecule has 102 valence electrons. The fourth-order valence-corrected chi connectivity index (χ4v) is 2.49. The maximum Gasteiger partial charge on any atom is 0.120 e. The van der Waals surface area contributed by atoms with Gasteiger partial charge in [0.1, 0.15) is 17.6 Å². The van der Waals surface area contributed by atoms with Crippen LogP contribution < -0.4 is 4.74 Å². The molecule has 0 bridgehead atoms. The van der Waals surface area contributed by atoms with E-state index in [1.807, 2.05) is 19.1 Å². The van der Waals surface area contributed by atoms with Gasteiger partial charge < -0.3 is 9.84 Å². The summed E-state index contributed by atoms with van der Waals surface area (Å²) in [7, 11) is 0. The highest BCUT2D eigenvalue weighted by molar-refractivity contribution is 5.38. The van der Waals surface area contributed by atoms with Crippen LogP contribution in [0.1, 0.15) is 47.1 Å². The first kappa shape index (κ1) is 14.9. The summed E-state index contributed by atoms with van der Waals surface area (Å²) in [6.07, 6.45) is 0.106. The molecule has 1 rings (SSSR count). The van der Waals surface area contributed by atoms with Gasteiger partial charge in [-0.25, -0.2) is 0 Å². The van der Waals surface area contributed by atoms with Crippen molar-refractivity contribution < 1.29 is 9.84 Å². The molecule has 0 atom stereocenters. The van der Waals surface area contributed by atoms with Gasteiger partial charge in [0.15, 0.2) is 0 Å². The maximum atomic E-state index is 9.54. The Labute approximate surface area is 111 Å². The molecule has 1 aromatic rings. The predicted molar refractivity (Wildman–Crippen MR) is 76.2 cm³/mol. The monoisotopic (exact) mass is 250 g/mol. The van der Waals surface area contributed by atoms with Gasteiger partial charge in [-0.1, -0.05) is 41.5 Å². The van der Waals surface area contributed by atoms with Crippen molar-refractivity contribution in [3.05, 3.63) is 23.8 Å². The number of benzene rings is 1. The Morgan fingerprint density at radius 3 is 1.89 bits per heavy atom. The lowest BCUT2D eigenvalue weighted by molar-refractivity contribution is -0.00176. The van der Waals surface area contributed by atoms with E-state index in [1.54, 1.807) is 6.07 Å². The molecule has 2 nitrogen and oxygen atoms in total. The Morgan fingerprint density at radius 1 is 1.00 bits per heavy atom. The van der Waals surface area contributed by atoms with Crippen LogP contribution in [-0.4, -0.2) is 11.2 Å². The molecule has 0 aliphatic carbocycles. The van der Waals surface area contributed by atoms with Gasteiger partial charge in [-0.3, -0.25) is 0 Å². The molecular formula is C16H26O2. The van der Waals surface area contributed by atoms with E-state index in [0.717, 1.165) is 11.3 Å². The van der Waals surface area contributed by atoms with Crippen molar-refractivity contribution in [3.63, 3.8) is 0 Å². The summed E-state index contributed by atoms with van der Waals surface area (Å²) >= 11 is 0. The molecule has 0 saturated carbocycles. The van der Waals surface area contributed by atoms with Crippen LogP contribution in [0.2, 0.25) is 0 Å². The van der Waals surface area contributed by atoms with Crippen LogP contribution in [0.3, 0.4) is 0 Å². The molecule has 0 radical (unpaired) electrons. The number of phenols is 1. The number of hydrogen-bond acceptors (Lipinski definition) is 2. The molecule has 0 saturated heterocycles. The normalized spacial score (nSPS) is 12.9. The lowest BCUT2D eigenvalue weighted by Gasteiger charge is -2.40. The third-order valence-electron chi connectivity index (χ3n) is 3.00. The Hall–Kier alpha value is -1.18. The molecule has 0 aliphatic heterocycles. The Bertz CT molecular complexity index is 394. The van der Waals surface area contributed by atoms with Crippen LogP contribution in [-0.2, 0) is 0 Å². The number of hydrogen-bond donors (Lipinski definition) is 1. The van der Waals surface area contributed by atoms with Gasteiger partial charge in [-0.05, 0) is 41.5 Å². The zero-order valence-corrected chi connectivity index (χ0v) is 12.7. The molecular weight excluding hydrogens is 224 g/mol. The predicted octanol–water partition coefficient (Wildman–Crippen LogP) is 4.54. The van der Waals surface area contributed by atoms with Gasteiger partial charge in [-0.2, -0.15) is 0 Å². The van der Waals surface area contributed by atoms with Gasteiger partial charge in [0.05, 0.1) is 0 Å². The molecule has 1 aromatic carbocycles. The van der Waals surface area contributed by atoms with Crippen LogP contribution in [0.25, 0.3) is 0 Å². The van der Waals surface area contributed by atoms with Gasteiger partial charge in [0.25, 0.3) is 0 Å². The minimum absolute atomic E-state index is 0.0596. The molecule has 2 heteroatoms. The standard InChI is InChI=1S/C16H26O2/c1-11-10-12(8-9-13(11)17)18-14(15(2,3)4)16(5,6)7/h8-10,14,17H,1-7H3. The molecule has 1 N–H and O–H groups in total. The topological polar surface area (TPSA) is 29.5 Å². The first-order chi connectivity index (χ1) is 8.01. The van der Waals surface area contributed by atoms with Crippen molar-refractivity contribution in [2.75, 3.05) is 0 Å². The first-order valence-electron chi connectivity index (χ1n) is 6.48. The molecule has 0 aliphatic rings. The van der Waals surface area contributed by atoms with Crippen molar-refractivity contribution in [2.24, 2.45) is 10.8 Å². The molecule has 0 unspecified atom stereocenters. The SMILES string of the molecule is Cc1cc(OC(C(C)(C)C)C(C)(C)C)ccc1O. The van der Waals surface area contributed by atoms with Crippen molar-refractivity contribution in [1.82, 2.24) is 0 Å². The highest BCUT2D eigenvalue weighted by Gasteiger charge is 2.36. The van der Waals surface area contributed by atoms with Crippen LogP contribution >= 0.6 is 0 Å². The van der Waals surface area contributed by atoms with Gasteiger partial charge in [0.2, 0.25) is 0 Å². The van der Waals surface area contributed by atoms with E-state index in [4.69, 9.17) is 4.74 Å². The average molecular weight is 250 g/mol. The summed E-state index contributed by atoms with van der Waals surface area (Å²) in [6.45, 7) is 15.0. The second kappa shape index (κ2) is 4.83. The number of ether oxygens (including phenoxy) is 1. The molecule has 0 fully saturated rings. The minimum Gasteiger partial charge on any atom is -0.508 e. The van der Waals surface area contributed by atoms with E-state index < -0.39 is 0 Å². The molecule has 0 spiro atoms. The highest BCUT2D eigenvalue weighted by atomic mass is 16.5.